The molecule has 0 bridgehead atoms. The minimum atomic E-state index is -0.394. The number of ether oxygens (including phenoxy) is 1. The average molecular weight is 470 g/mol. The van der Waals surface area contributed by atoms with Crippen molar-refractivity contribution < 1.29 is 9.53 Å². The highest BCUT2D eigenvalue weighted by Gasteiger charge is 2.14. The third-order valence-electron chi connectivity index (χ3n) is 5.28. The summed E-state index contributed by atoms with van der Waals surface area (Å²) in [5.74, 6) is 0.266. The van der Waals surface area contributed by atoms with E-state index < -0.39 is 5.91 Å². The predicted octanol–water partition coefficient (Wildman–Crippen LogP) is 5.55. The van der Waals surface area contributed by atoms with Gasteiger partial charge in [-0.2, -0.15) is 10.2 Å². The Balaban J connectivity index is 1.27. The van der Waals surface area contributed by atoms with E-state index in [9.17, 15) is 4.79 Å². The molecule has 0 saturated heterocycles. The number of hydrogen-bond acceptors (Lipinski definition) is 4. The second-order valence-electron chi connectivity index (χ2n) is 7.57. The summed E-state index contributed by atoms with van der Waals surface area (Å²) in [4.78, 5) is 15.7. The molecule has 2 aromatic heterocycles. The maximum atomic E-state index is 12.6. The van der Waals surface area contributed by atoms with Gasteiger partial charge in [0, 0.05) is 33.2 Å². The third-order valence-corrected chi connectivity index (χ3v) is 5.54. The highest BCUT2D eigenvalue weighted by Crippen LogP contribution is 2.29. The van der Waals surface area contributed by atoms with Crippen LogP contribution < -0.4 is 10.2 Å². The maximum absolute atomic E-state index is 12.6. The van der Waals surface area contributed by atoms with Crippen molar-refractivity contribution in [3.63, 3.8) is 0 Å². The zero-order valence-corrected chi connectivity index (χ0v) is 18.7. The highest BCUT2D eigenvalue weighted by atomic mass is 35.5. The SMILES string of the molecule is O=C(N/N=C\c1c[nH]c2ccccc12)c1cc(-c2ccccc2OCc2ccc(Cl)cc2)n[nH]1. The lowest BCUT2D eigenvalue weighted by molar-refractivity contribution is 0.0950. The van der Waals surface area contributed by atoms with Gasteiger partial charge in [0.15, 0.2) is 0 Å². The van der Waals surface area contributed by atoms with E-state index in [0.717, 1.165) is 27.6 Å². The Morgan fingerprint density at radius 1 is 1.06 bits per heavy atom. The van der Waals surface area contributed by atoms with E-state index in [2.05, 4.69) is 25.7 Å². The van der Waals surface area contributed by atoms with Crippen LogP contribution in [0.15, 0.2) is 90.2 Å². The van der Waals surface area contributed by atoms with Gasteiger partial charge in [-0.1, -0.05) is 54.1 Å². The molecule has 1 amide bonds. The van der Waals surface area contributed by atoms with Crippen LogP contribution in [0.2, 0.25) is 5.02 Å². The fourth-order valence-electron chi connectivity index (χ4n) is 3.54. The van der Waals surface area contributed by atoms with Crippen molar-refractivity contribution >= 4 is 34.6 Å². The van der Waals surface area contributed by atoms with Crippen LogP contribution in [0.25, 0.3) is 22.2 Å². The summed E-state index contributed by atoms with van der Waals surface area (Å²) >= 11 is 5.95. The molecule has 34 heavy (non-hydrogen) atoms. The van der Waals surface area contributed by atoms with Crippen molar-refractivity contribution in [2.45, 2.75) is 6.61 Å². The van der Waals surface area contributed by atoms with Crippen LogP contribution in [0.5, 0.6) is 5.75 Å². The number of carbonyl (C=O) groups is 1. The van der Waals surface area contributed by atoms with Crippen molar-refractivity contribution in [3.05, 3.63) is 107 Å². The van der Waals surface area contributed by atoms with Gasteiger partial charge in [0.25, 0.3) is 5.91 Å². The first-order valence-electron chi connectivity index (χ1n) is 10.6. The van der Waals surface area contributed by atoms with Crippen molar-refractivity contribution in [1.29, 1.82) is 0 Å². The fourth-order valence-corrected chi connectivity index (χ4v) is 3.67. The topological polar surface area (TPSA) is 95.2 Å². The summed E-state index contributed by atoms with van der Waals surface area (Å²) in [7, 11) is 0. The van der Waals surface area contributed by atoms with E-state index in [1.165, 1.54) is 0 Å². The molecule has 8 heteroatoms. The number of amides is 1. The van der Waals surface area contributed by atoms with Crippen LogP contribution in [0.4, 0.5) is 0 Å². The van der Waals surface area contributed by atoms with Crippen LogP contribution in [-0.4, -0.2) is 27.3 Å². The van der Waals surface area contributed by atoms with Gasteiger partial charge in [-0.05, 0) is 42.0 Å². The zero-order chi connectivity index (χ0) is 23.3. The number of carbonyl (C=O) groups excluding carboxylic acids is 1. The minimum Gasteiger partial charge on any atom is -0.488 e. The lowest BCUT2D eigenvalue weighted by Crippen LogP contribution is -2.17. The van der Waals surface area contributed by atoms with Gasteiger partial charge in [0.05, 0.1) is 11.9 Å². The summed E-state index contributed by atoms with van der Waals surface area (Å²) in [5.41, 5.74) is 7.08. The largest absolute Gasteiger partial charge is 0.488 e. The summed E-state index contributed by atoms with van der Waals surface area (Å²) in [6, 6.07) is 24.6. The second kappa shape index (κ2) is 9.64. The molecule has 0 unspecified atom stereocenters. The number of benzene rings is 3. The molecule has 0 radical (unpaired) electrons. The first-order valence-corrected chi connectivity index (χ1v) is 11.0. The quantitative estimate of drug-likeness (QED) is 0.215. The van der Waals surface area contributed by atoms with Gasteiger partial charge < -0.3 is 9.72 Å². The Morgan fingerprint density at radius 2 is 1.85 bits per heavy atom. The Labute approximate surface area is 200 Å². The van der Waals surface area contributed by atoms with Crippen molar-refractivity contribution in [1.82, 2.24) is 20.6 Å². The molecule has 0 aliphatic heterocycles. The molecule has 168 valence electrons. The normalized spacial score (nSPS) is 11.2. The van der Waals surface area contributed by atoms with Crippen molar-refractivity contribution in [3.8, 4) is 17.0 Å². The zero-order valence-electron chi connectivity index (χ0n) is 18.0. The van der Waals surface area contributed by atoms with Crippen molar-refractivity contribution in [2.75, 3.05) is 0 Å². The monoisotopic (exact) mass is 469 g/mol. The molecule has 0 spiro atoms. The molecule has 7 nitrogen and oxygen atoms in total. The molecule has 0 saturated carbocycles. The Hall–Kier alpha value is -4.36. The maximum Gasteiger partial charge on any atom is 0.289 e. The summed E-state index contributed by atoms with van der Waals surface area (Å²) in [6.45, 7) is 0.383. The van der Waals surface area contributed by atoms with Crippen molar-refractivity contribution in [2.24, 2.45) is 5.10 Å². The van der Waals surface area contributed by atoms with Gasteiger partial charge >= 0.3 is 0 Å². The van der Waals surface area contributed by atoms with Gasteiger partial charge in [-0.25, -0.2) is 5.43 Å². The Bertz CT molecular complexity index is 1470. The molecule has 5 rings (SSSR count). The molecular formula is C26H20ClN5O2. The number of H-pyrrole nitrogens is 2. The number of hydrazone groups is 1. The molecule has 3 N–H and O–H groups in total. The highest BCUT2D eigenvalue weighted by molar-refractivity contribution is 6.30. The molecule has 0 atom stereocenters. The minimum absolute atomic E-state index is 0.290. The number of rotatable bonds is 7. The average Bonchev–Trinajstić information content (AvgIpc) is 3.52. The van der Waals surface area contributed by atoms with E-state index in [1.807, 2.05) is 79.0 Å². The lowest BCUT2D eigenvalue weighted by Gasteiger charge is -2.10. The number of aromatic amines is 2. The van der Waals surface area contributed by atoms with Gasteiger partial charge in [-0.15, -0.1) is 0 Å². The van der Waals surface area contributed by atoms with E-state index in [-0.39, 0.29) is 0 Å². The molecule has 0 aliphatic carbocycles. The van der Waals surface area contributed by atoms with Crippen LogP contribution in [-0.2, 0) is 6.61 Å². The molecule has 5 aromatic rings. The van der Waals surface area contributed by atoms with Crippen LogP contribution >= 0.6 is 11.6 Å². The lowest BCUT2D eigenvalue weighted by atomic mass is 10.1. The van der Waals surface area contributed by atoms with E-state index >= 15 is 0 Å². The number of nitrogens with zero attached hydrogens (tertiary/aromatic N) is 2. The summed E-state index contributed by atoms with van der Waals surface area (Å²) < 4.78 is 6.00. The number of para-hydroxylation sites is 2. The van der Waals surface area contributed by atoms with E-state index in [0.29, 0.717) is 28.8 Å². The number of fused-ring (bicyclic) bond motifs is 1. The Kier molecular flexibility index (Phi) is 6.09. The number of nitrogens with one attached hydrogen (secondary N) is 3. The van der Waals surface area contributed by atoms with Crippen LogP contribution in [0, 0.1) is 0 Å². The van der Waals surface area contributed by atoms with Gasteiger partial charge in [0.1, 0.15) is 18.1 Å². The van der Waals surface area contributed by atoms with Crippen LogP contribution in [0.1, 0.15) is 21.6 Å². The van der Waals surface area contributed by atoms with E-state index in [4.69, 9.17) is 16.3 Å². The first kappa shape index (κ1) is 21.5. The van der Waals surface area contributed by atoms with E-state index in [1.54, 1.807) is 12.3 Å². The Morgan fingerprint density at radius 3 is 2.74 bits per heavy atom. The first-order chi connectivity index (χ1) is 16.7. The molecule has 3 aromatic carbocycles. The predicted molar refractivity (Wildman–Crippen MR) is 133 cm³/mol. The molecule has 0 fully saturated rings. The van der Waals surface area contributed by atoms with Crippen LogP contribution in [0.3, 0.4) is 0 Å². The van der Waals surface area contributed by atoms with Gasteiger partial charge in [-0.3, -0.25) is 9.89 Å². The summed E-state index contributed by atoms with van der Waals surface area (Å²) in [5, 5.41) is 12.9. The summed E-state index contributed by atoms with van der Waals surface area (Å²) in [6.07, 6.45) is 3.45. The number of hydrogen-bond donors (Lipinski definition) is 3. The number of aromatic nitrogens is 3. The number of halogens is 1. The molecule has 0 aliphatic rings. The fraction of sp³-hybridized carbons (Fsp3) is 0.0385. The standard InChI is InChI=1S/C26H20ClN5O2/c27-19-11-9-17(10-12-19)16-34-25-8-4-2-6-21(25)23-13-24(31-30-23)26(33)32-29-15-18-14-28-22-7-3-1-5-20(18)22/h1-15,28H,16H2,(H,30,31)(H,32,33)/b29-15-. The second-order valence-corrected chi connectivity index (χ2v) is 8.00. The molecular weight excluding hydrogens is 450 g/mol. The smallest absolute Gasteiger partial charge is 0.289 e. The van der Waals surface area contributed by atoms with Gasteiger partial charge in [0.2, 0.25) is 0 Å². The molecule has 2 heterocycles. The third kappa shape index (κ3) is 4.69.